The van der Waals surface area contributed by atoms with Gasteiger partial charge in [0.15, 0.2) is 0 Å². The Morgan fingerprint density at radius 1 is 1.22 bits per heavy atom. The topological polar surface area (TPSA) is 93.6 Å². The molecule has 1 amide bonds. The Hall–Kier alpha value is -3.06. The Morgan fingerprint density at radius 2 is 2.11 bits per heavy atom. The van der Waals surface area contributed by atoms with E-state index in [1.54, 1.807) is 31.6 Å². The molecule has 0 fully saturated rings. The summed E-state index contributed by atoms with van der Waals surface area (Å²) in [6.07, 6.45) is 3.60. The van der Waals surface area contributed by atoms with Crippen LogP contribution < -0.4 is 15.8 Å². The molecule has 0 saturated carbocycles. The Kier molecular flexibility index (Phi) is 6.27. The summed E-state index contributed by atoms with van der Waals surface area (Å²) in [5.74, 6) is 1.33. The van der Waals surface area contributed by atoms with Crippen molar-refractivity contribution in [3.05, 3.63) is 64.3 Å². The maximum absolute atomic E-state index is 12.2. The van der Waals surface area contributed by atoms with Crippen molar-refractivity contribution in [3.8, 4) is 5.75 Å². The molecule has 0 atom stereocenters. The van der Waals surface area contributed by atoms with E-state index in [0.717, 1.165) is 29.5 Å². The molecule has 0 bridgehead atoms. The van der Waals surface area contributed by atoms with Gasteiger partial charge >= 0.3 is 0 Å². The van der Waals surface area contributed by atoms with E-state index in [0.29, 0.717) is 24.3 Å². The predicted octanol–water partition coefficient (Wildman–Crippen LogP) is 2.74. The summed E-state index contributed by atoms with van der Waals surface area (Å²) in [6.45, 7) is 0.392. The second-order valence-electron chi connectivity index (χ2n) is 6.13. The van der Waals surface area contributed by atoms with Gasteiger partial charge in [0.2, 0.25) is 5.91 Å². The highest BCUT2D eigenvalue weighted by Crippen LogP contribution is 2.19. The number of aryl methyl sites for hydroxylation is 2. The largest absolute Gasteiger partial charge is 0.497 e. The zero-order valence-corrected chi connectivity index (χ0v) is 15.1. The quantitative estimate of drug-likeness (QED) is 0.446. The number of furan rings is 1. The minimum Gasteiger partial charge on any atom is -0.497 e. The number of pyridine rings is 1. The number of H-pyrrole nitrogens is 1. The monoisotopic (exact) mass is 370 g/mol. The maximum Gasteiger partial charge on any atom is 0.251 e. The minimum absolute atomic E-state index is 0.163. The van der Waals surface area contributed by atoms with Gasteiger partial charge in [-0.1, -0.05) is 0 Å². The first kappa shape index (κ1) is 18.7. The molecular weight excluding hydrogens is 348 g/mol. The number of aromatic amines is 1. The molecule has 0 radical (unpaired) electrons. The van der Waals surface area contributed by atoms with Crippen LogP contribution in [0.4, 0.5) is 0 Å². The van der Waals surface area contributed by atoms with Crippen molar-refractivity contribution in [1.82, 2.24) is 10.5 Å². The highest BCUT2D eigenvalue weighted by atomic mass is 16.6. The Bertz CT molecular complexity index is 947. The van der Waals surface area contributed by atoms with Crippen LogP contribution in [0.1, 0.15) is 24.2 Å². The van der Waals surface area contributed by atoms with Gasteiger partial charge in [0, 0.05) is 29.3 Å². The van der Waals surface area contributed by atoms with Gasteiger partial charge in [-0.2, -0.15) is 0 Å². The molecule has 2 aromatic heterocycles. The first-order valence-corrected chi connectivity index (χ1v) is 8.78. The summed E-state index contributed by atoms with van der Waals surface area (Å²) >= 11 is 0. The fourth-order valence-corrected chi connectivity index (χ4v) is 2.75. The van der Waals surface area contributed by atoms with Gasteiger partial charge in [0.1, 0.15) is 11.5 Å². The van der Waals surface area contributed by atoms with Gasteiger partial charge in [-0.15, -0.1) is 0 Å². The number of carbonyl (C=O) groups excluding carboxylic acids is 1. The third-order valence-electron chi connectivity index (χ3n) is 4.19. The van der Waals surface area contributed by atoms with E-state index in [2.05, 4.69) is 10.5 Å². The molecular formula is C20H22N2O5. The molecule has 0 aliphatic heterocycles. The number of carbonyl (C=O) groups is 1. The van der Waals surface area contributed by atoms with Crippen molar-refractivity contribution < 1.29 is 18.8 Å². The lowest BCUT2D eigenvalue weighted by molar-refractivity contribution is -0.133. The molecule has 0 aliphatic carbocycles. The second kappa shape index (κ2) is 9.05. The van der Waals surface area contributed by atoms with Gasteiger partial charge in [-0.05, 0) is 49.2 Å². The lowest BCUT2D eigenvalue weighted by Crippen LogP contribution is -2.25. The molecule has 3 aromatic rings. The van der Waals surface area contributed by atoms with Crippen LogP contribution in [0.15, 0.2) is 51.9 Å². The summed E-state index contributed by atoms with van der Waals surface area (Å²) in [5.41, 5.74) is 3.49. The standard InChI is InChI=1S/C20H22N2O5/c1-25-17-7-8-18-15(13-17)12-14(20(24)21-18)6-9-19(23)22-27-11-3-5-16-4-2-10-26-16/h2,4,7-8,10,12-13H,3,5-6,9,11H2,1H3,(H,21,24)(H,22,23). The fraction of sp³-hybridized carbons (Fsp3) is 0.300. The van der Waals surface area contributed by atoms with Crippen LogP contribution in [-0.2, 0) is 22.5 Å². The van der Waals surface area contributed by atoms with Crippen LogP contribution in [0.5, 0.6) is 5.75 Å². The Labute approximate surface area is 156 Å². The molecule has 2 heterocycles. The molecule has 1 aromatic carbocycles. The summed E-state index contributed by atoms with van der Waals surface area (Å²) in [6, 6.07) is 10.9. The number of nitrogens with one attached hydrogen (secondary N) is 2. The Balaban J connectivity index is 1.46. The molecule has 0 saturated heterocycles. The number of ether oxygens (including phenoxy) is 1. The lowest BCUT2D eigenvalue weighted by Gasteiger charge is -2.07. The number of methoxy groups -OCH3 is 1. The Morgan fingerprint density at radius 3 is 2.89 bits per heavy atom. The molecule has 0 aliphatic rings. The summed E-state index contributed by atoms with van der Waals surface area (Å²) < 4.78 is 10.4. The van der Waals surface area contributed by atoms with Gasteiger partial charge < -0.3 is 14.1 Å². The number of rotatable bonds is 9. The third-order valence-corrected chi connectivity index (χ3v) is 4.19. The average molecular weight is 370 g/mol. The first-order chi connectivity index (χ1) is 13.2. The van der Waals surface area contributed by atoms with Crippen molar-refractivity contribution in [2.45, 2.75) is 25.7 Å². The summed E-state index contributed by atoms with van der Waals surface area (Å²) in [5, 5.41) is 0.860. The van der Waals surface area contributed by atoms with Gasteiger partial charge in [0.05, 0.1) is 20.0 Å². The van der Waals surface area contributed by atoms with E-state index in [1.807, 2.05) is 18.2 Å². The van der Waals surface area contributed by atoms with Gasteiger partial charge in [-0.3, -0.25) is 14.4 Å². The molecule has 7 heteroatoms. The van der Waals surface area contributed by atoms with Crippen LogP contribution in [-0.4, -0.2) is 24.6 Å². The zero-order chi connectivity index (χ0) is 19.1. The normalized spacial score (nSPS) is 10.9. The number of fused-ring (bicyclic) bond motifs is 1. The summed E-state index contributed by atoms with van der Waals surface area (Å²) in [7, 11) is 1.59. The second-order valence-corrected chi connectivity index (χ2v) is 6.13. The molecule has 0 spiro atoms. The molecule has 0 unspecified atom stereocenters. The van der Waals surface area contributed by atoms with Crippen molar-refractivity contribution in [2.24, 2.45) is 0 Å². The minimum atomic E-state index is -0.266. The third kappa shape index (κ3) is 5.21. The number of aromatic nitrogens is 1. The number of benzene rings is 1. The zero-order valence-electron chi connectivity index (χ0n) is 15.1. The predicted molar refractivity (Wildman–Crippen MR) is 101 cm³/mol. The van der Waals surface area contributed by atoms with Crippen molar-refractivity contribution in [2.75, 3.05) is 13.7 Å². The number of hydrogen-bond donors (Lipinski definition) is 2. The van der Waals surface area contributed by atoms with Crippen molar-refractivity contribution >= 4 is 16.8 Å². The van der Waals surface area contributed by atoms with E-state index in [1.165, 1.54) is 0 Å². The van der Waals surface area contributed by atoms with E-state index < -0.39 is 0 Å². The lowest BCUT2D eigenvalue weighted by atomic mass is 10.1. The maximum atomic E-state index is 12.2. The van der Waals surface area contributed by atoms with Gasteiger partial charge in [0.25, 0.3) is 5.56 Å². The smallest absolute Gasteiger partial charge is 0.251 e. The van der Waals surface area contributed by atoms with E-state index in [9.17, 15) is 9.59 Å². The van der Waals surface area contributed by atoms with E-state index in [4.69, 9.17) is 14.0 Å². The average Bonchev–Trinajstić information content (AvgIpc) is 3.19. The van der Waals surface area contributed by atoms with Crippen LogP contribution in [0.25, 0.3) is 10.9 Å². The molecule has 3 rings (SSSR count). The number of amides is 1. The van der Waals surface area contributed by atoms with Crippen molar-refractivity contribution in [1.29, 1.82) is 0 Å². The SMILES string of the molecule is COc1ccc2[nH]c(=O)c(CCC(=O)NOCCCc3ccco3)cc2c1. The molecule has 142 valence electrons. The highest BCUT2D eigenvalue weighted by molar-refractivity contribution is 5.81. The van der Waals surface area contributed by atoms with Crippen LogP contribution in [0.2, 0.25) is 0 Å². The molecule has 27 heavy (non-hydrogen) atoms. The van der Waals surface area contributed by atoms with Crippen molar-refractivity contribution in [3.63, 3.8) is 0 Å². The van der Waals surface area contributed by atoms with E-state index in [-0.39, 0.29) is 17.9 Å². The number of hydroxylamine groups is 1. The molecule has 7 nitrogen and oxygen atoms in total. The van der Waals surface area contributed by atoms with Crippen LogP contribution >= 0.6 is 0 Å². The molecule has 2 N–H and O–H groups in total. The fourth-order valence-electron chi connectivity index (χ4n) is 2.75. The van der Waals surface area contributed by atoms with Crippen LogP contribution in [0, 0.1) is 0 Å². The number of hydrogen-bond acceptors (Lipinski definition) is 5. The van der Waals surface area contributed by atoms with Gasteiger partial charge in [-0.25, -0.2) is 5.48 Å². The first-order valence-electron chi connectivity index (χ1n) is 8.78. The summed E-state index contributed by atoms with van der Waals surface area (Å²) in [4.78, 5) is 32.0. The van der Waals surface area contributed by atoms with E-state index >= 15 is 0 Å². The van der Waals surface area contributed by atoms with Crippen LogP contribution in [0.3, 0.4) is 0 Å². The highest BCUT2D eigenvalue weighted by Gasteiger charge is 2.08.